The predicted octanol–water partition coefficient (Wildman–Crippen LogP) is 2.28. The summed E-state index contributed by atoms with van der Waals surface area (Å²) < 4.78 is 5.44. The maximum absolute atomic E-state index is 11.0. The second-order valence-corrected chi connectivity index (χ2v) is 3.51. The van der Waals surface area contributed by atoms with Gasteiger partial charge in [0.1, 0.15) is 17.3 Å². The Morgan fingerprint density at radius 1 is 1.58 bits per heavy atom. The summed E-state index contributed by atoms with van der Waals surface area (Å²) in [5.41, 5.74) is 0. The second-order valence-electron chi connectivity index (χ2n) is 3.51. The molecule has 1 aliphatic rings. The van der Waals surface area contributed by atoms with Gasteiger partial charge in [0.25, 0.3) is 0 Å². The largest absolute Gasteiger partial charge is 0.466 e. The molecule has 0 spiro atoms. The molecule has 1 aromatic heterocycles. The first-order chi connectivity index (χ1) is 5.68. The molecule has 2 rings (SSSR count). The average molecular weight is 164 g/mol. The highest BCUT2D eigenvalue weighted by atomic mass is 16.3. The molecule has 2 atom stereocenters. The summed E-state index contributed by atoms with van der Waals surface area (Å²) in [4.78, 5) is 11.0. The van der Waals surface area contributed by atoms with Crippen molar-refractivity contribution in [2.45, 2.75) is 26.2 Å². The van der Waals surface area contributed by atoms with Crippen molar-refractivity contribution in [2.24, 2.45) is 5.92 Å². The van der Waals surface area contributed by atoms with Gasteiger partial charge in [0.05, 0.1) is 0 Å². The van der Waals surface area contributed by atoms with Gasteiger partial charge in [0.2, 0.25) is 0 Å². The topological polar surface area (TPSA) is 30.2 Å². The van der Waals surface area contributed by atoms with Gasteiger partial charge in [-0.3, -0.25) is 4.79 Å². The van der Waals surface area contributed by atoms with Crippen LogP contribution in [0.1, 0.15) is 30.8 Å². The second kappa shape index (κ2) is 2.47. The molecule has 1 aliphatic carbocycles. The number of hydrogen-bond donors (Lipinski definition) is 0. The first kappa shape index (κ1) is 7.59. The molecule has 0 N–H and O–H groups in total. The van der Waals surface area contributed by atoms with E-state index in [0.29, 0.717) is 5.92 Å². The Hall–Kier alpha value is -1.05. The molecule has 1 saturated carbocycles. The Balaban J connectivity index is 2.10. The molecule has 0 unspecified atom stereocenters. The Kier molecular flexibility index (Phi) is 1.56. The van der Waals surface area contributed by atoms with Crippen LogP contribution in [0.15, 0.2) is 16.5 Å². The quantitative estimate of drug-likeness (QED) is 0.671. The van der Waals surface area contributed by atoms with E-state index < -0.39 is 0 Å². The third kappa shape index (κ3) is 1.17. The zero-order valence-corrected chi connectivity index (χ0v) is 7.33. The highest BCUT2D eigenvalue weighted by Gasteiger charge is 2.43. The summed E-state index contributed by atoms with van der Waals surface area (Å²) in [5, 5.41) is 0. The summed E-state index contributed by atoms with van der Waals surface area (Å²) in [6.45, 7) is 3.58. The van der Waals surface area contributed by atoms with Crippen LogP contribution >= 0.6 is 0 Å². The lowest BCUT2D eigenvalue weighted by Gasteiger charge is -1.90. The number of carbonyl (C=O) groups excluding carboxylic acids is 1. The van der Waals surface area contributed by atoms with Crippen molar-refractivity contribution in [3.05, 3.63) is 23.7 Å². The molecule has 0 aliphatic heterocycles. The monoisotopic (exact) mass is 164 g/mol. The van der Waals surface area contributed by atoms with Crippen molar-refractivity contribution in [3.8, 4) is 0 Å². The van der Waals surface area contributed by atoms with Crippen LogP contribution in [-0.2, 0) is 4.79 Å². The summed E-state index contributed by atoms with van der Waals surface area (Å²) >= 11 is 0. The third-order valence-corrected chi connectivity index (χ3v) is 2.44. The van der Waals surface area contributed by atoms with Crippen LogP contribution < -0.4 is 0 Å². The summed E-state index contributed by atoms with van der Waals surface area (Å²) in [6.07, 6.45) is 0.974. The molecule has 0 bridgehead atoms. The van der Waals surface area contributed by atoms with E-state index in [4.69, 9.17) is 4.42 Å². The van der Waals surface area contributed by atoms with E-state index in [-0.39, 0.29) is 11.7 Å². The van der Waals surface area contributed by atoms with Crippen molar-refractivity contribution in [2.75, 3.05) is 0 Å². The van der Waals surface area contributed by atoms with Gasteiger partial charge < -0.3 is 4.42 Å². The minimum absolute atomic E-state index is 0.232. The molecule has 1 fully saturated rings. The molecule has 1 aromatic rings. The average Bonchev–Trinajstić information content (AvgIpc) is 2.70. The fourth-order valence-corrected chi connectivity index (χ4v) is 1.61. The number of furan rings is 1. The minimum atomic E-state index is 0.232. The standard InChI is InChI=1S/C10H12O2/c1-6-3-4-10(12-6)9-5-8(9)7(2)11/h3-4,8-9H,5H2,1-2H3/t8-,9-/m1/s1. The van der Waals surface area contributed by atoms with E-state index in [2.05, 4.69) is 0 Å². The number of ketones is 1. The molecule has 0 aromatic carbocycles. The normalized spacial score (nSPS) is 27.2. The van der Waals surface area contributed by atoms with E-state index in [9.17, 15) is 4.79 Å². The maximum Gasteiger partial charge on any atom is 0.133 e. The maximum atomic E-state index is 11.0. The van der Waals surface area contributed by atoms with E-state index in [1.54, 1.807) is 6.92 Å². The summed E-state index contributed by atoms with van der Waals surface area (Å²) in [6, 6.07) is 3.92. The van der Waals surface area contributed by atoms with Crippen molar-refractivity contribution >= 4 is 5.78 Å². The fourth-order valence-electron chi connectivity index (χ4n) is 1.61. The first-order valence-corrected chi connectivity index (χ1v) is 4.25. The molecule has 2 nitrogen and oxygen atoms in total. The fraction of sp³-hybridized carbons (Fsp3) is 0.500. The van der Waals surface area contributed by atoms with Crippen LogP contribution in [-0.4, -0.2) is 5.78 Å². The van der Waals surface area contributed by atoms with Crippen LogP contribution in [0.2, 0.25) is 0 Å². The van der Waals surface area contributed by atoms with Crippen molar-refractivity contribution in [1.82, 2.24) is 0 Å². The van der Waals surface area contributed by atoms with E-state index >= 15 is 0 Å². The number of rotatable bonds is 2. The zero-order valence-electron chi connectivity index (χ0n) is 7.33. The van der Waals surface area contributed by atoms with Crippen molar-refractivity contribution in [1.29, 1.82) is 0 Å². The van der Waals surface area contributed by atoms with Crippen molar-refractivity contribution < 1.29 is 9.21 Å². The highest BCUT2D eigenvalue weighted by molar-refractivity contribution is 5.82. The number of aryl methyl sites for hydroxylation is 1. The molecular formula is C10H12O2. The van der Waals surface area contributed by atoms with Gasteiger partial charge in [-0.1, -0.05) is 0 Å². The lowest BCUT2D eigenvalue weighted by atomic mass is 10.2. The molecule has 0 radical (unpaired) electrons. The van der Waals surface area contributed by atoms with E-state index in [1.165, 1.54) is 0 Å². The SMILES string of the molecule is CC(=O)[C@H]1C[C@H]1c1ccc(C)o1. The van der Waals surface area contributed by atoms with Crippen LogP contribution in [0, 0.1) is 12.8 Å². The van der Waals surface area contributed by atoms with E-state index in [0.717, 1.165) is 17.9 Å². The zero-order chi connectivity index (χ0) is 8.72. The first-order valence-electron chi connectivity index (χ1n) is 4.25. The van der Waals surface area contributed by atoms with Gasteiger partial charge in [0, 0.05) is 11.8 Å². The molecule has 2 heteroatoms. The molecule has 12 heavy (non-hydrogen) atoms. The highest BCUT2D eigenvalue weighted by Crippen LogP contribution is 2.48. The van der Waals surface area contributed by atoms with Gasteiger partial charge in [-0.25, -0.2) is 0 Å². The molecule has 64 valence electrons. The Morgan fingerprint density at radius 3 is 2.75 bits per heavy atom. The van der Waals surface area contributed by atoms with Crippen LogP contribution in [0.5, 0.6) is 0 Å². The number of carbonyl (C=O) groups is 1. The molecule has 1 heterocycles. The summed E-state index contributed by atoms with van der Waals surface area (Å²) in [7, 11) is 0. The van der Waals surface area contributed by atoms with Crippen LogP contribution in [0.3, 0.4) is 0 Å². The smallest absolute Gasteiger partial charge is 0.133 e. The van der Waals surface area contributed by atoms with Crippen LogP contribution in [0.4, 0.5) is 0 Å². The predicted molar refractivity (Wildman–Crippen MR) is 45.0 cm³/mol. The van der Waals surface area contributed by atoms with Crippen LogP contribution in [0.25, 0.3) is 0 Å². The molecule has 0 amide bonds. The van der Waals surface area contributed by atoms with Crippen molar-refractivity contribution in [3.63, 3.8) is 0 Å². The van der Waals surface area contributed by atoms with Gasteiger partial charge in [-0.15, -0.1) is 0 Å². The number of Topliss-reactive ketones (excluding diaryl/α,β-unsaturated/α-hetero) is 1. The molecular weight excluding hydrogens is 152 g/mol. The summed E-state index contributed by atoms with van der Waals surface area (Å²) in [5.74, 6) is 2.80. The van der Waals surface area contributed by atoms with Gasteiger partial charge in [-0.2, -0.15) is 0 Å². The third-order valence-electron chi connectivity index (χ3n) is 2.44. The van der Waals surface area contributed by atoms with Gasteiger partial charge in [-0.05, 0) is 32.4 Å². The van der Waals surface area contributed by atoms with E-state index in [1.807, 2.05) is 19.1 Å². The Morgan fingerprint density at radius 2 is 2.33 bits per heavy atom. The lowest BCUT2D eigenvalue weighted by molar-refractivity contribution is -0.118. The lowest BCUT2D eigenvalue weighted by Crippen LogP contribution is -1.93. The minimum Gasteiger partial charge on any atom is -0.466 e. The molecule has 0 saturated heterocycles. The number of hydrogen-bond acceptors (Lipinski definition) is 2. The van der Waals surface area contributed by atoms with Gasteiger partial charge >= 0.3 is 0 Å². The Bertz CT molecular complexity index is 311. The van der Waals surface area contributed by atoms with Gasteiger partial charge in [0.15, 0.2) is 0 Å². The Labute approximate surface area is 71.6 Å².